The third-order valence-corrected chi connectivity index (χ3v) is 4.24. The Bertz CT molecular complexity index is 924. The van der Waals surface area contributed by atoms with E-state index in [1.165, 1.54) is 23.3 Å². The molecule has 0 radical (unpaired) electrons. The first-order chi connectivity index (χ1) is 12.7. The zero-order chi connectivity index (χ0) is 17.9. The SMILES string of the molecule is O=C1Nc2ccccc2N(c2ccccc2)C[C@@H]1NC(=O)n1ccnc1. The van der Waals surface area contributed by atoms with Gasteiger partial charge in [0.2, 0.25) is 5.91 Å². The molecule has 0 bridgehead atoms. The number of nitrogens with one attached hydrogen (secondary N) is 2. The van der Waals surface area contributed by atoms with Gasteiger partial charge in [0.05, 0.1) is 17.9 Å². The molecule has 0 unspecified atom stereocenters. The lowest BCUT2D eigenvalue weighted by Crippen LogP contribution is -2.49. The van der Waals surface area contributed by atoms with Crippen molar-refractivity contribution < 1.29 is 9.59 Å². The Labute approximate surface area is 150 Å². The summed E-state index contributed by atoms with van der Waals surface area (Å²) < 4.78 is 1.30. The van der Waals surface area contributed by atoms with E-state index in [0.717, 1.165) is 11.4 Å². The highest BCUT2D eigenvalue weighted by molar-refractivity contribution is 6.02. The van der Waals surface area contributed by atoms with Gasteiger partial charge in [-0.3, -0.25) is 9.36 Å². The Balaban J connectivity index is 1.68. The van der Waals surface area contributed by atoms with Crippen LogP contribution in [0.1, 0.15) is 0 Å². The molecule has 0 spiro atoms. The van der Waals surface area contributed by atoms with Crippen molar-refractivity contribution in [3.05, 3.63) is 73.3 Å². The van der Waals surface area contributed by atoms with E-state index in [1.807, 2.05) is 59.5 Å². The Morgan fingerprint density at radius 1 is 1.12 bits per heavy atom. The predicted molar refractivity (Wildman–Crippen MR) is 98.5 cm³/mol. The fourth-order valence-electron chi connectivity index (χ4n) is 2.96. The van der Waals surface area contributed by atoms with Crippen LogP contribution < -0.4 is 15.5 Å². The van der Waals surface area contributed by atoms with Gasteiger partial charge in [-0.2, -0.15) is 0 Å². The minimum atomic E-state index is -0.725. The van der Waals surface area contributed by atoms with Crippen LogP contribution in [-0.2, 0) is 4.79 Å². The molecule has 2 N–H and O–H groups in total. The lowest BCUT2D eigenvalue weighted by Gasteiger charge is -2.26. The topological polar surface area (TPSA) is 79.3 Å². The van der Waals surface area contributed by atoms with Crippen molar-refractivity contribution in [2.24, 2.45) is 0 Å². The van der Waals surface area contributed by atoms with E-state index in [4.69, 9.17) is 0 Å². The number of carbonyl (C=O) groups excluding carboxylic acids is 2. The quantitative estimate of drug-likeness (QED) is 0.747. The van der Waals surface area contributed by atoms with E-state index in [0.29, 0.717) is 12.2 Å². The van der Waals surface area contributed by atoms with Crippen LogP contribution in [0.4, 0.5) is 21.9 Å². The van der Waals surface area contributed by atoms with E-state index in [1.54, 1.807) is 0 Å². The summed E-state index contributed by atoms with van der Waals surface area (Å²) >= 11 is 0. The fraction of sp³-hybridized carbons (Fsp3) is 0.105. The van der Waals surface area contributed by atoms with Crippen molar-refractivity contribution >= 4 is 29.0 Å². The number of nitrogens with zero attached hydrogens (tertiary/aromatic N) is 3. The van der Waals surface area contributed by atoms with Gasteiger partial charge in [0.25, 0.3) is 0 Å². The summed E-state index contributed by atoms with van der Waals surface area (Å²) in [6.45, 7) is 0.313. The lowest BCUT2D eigenvalue weighted by molar-refractivity contribution is -0.117. The van der Waals surface area contributed by atoms with Gasteiger partial charge in [0, 0.05) is 18.1 Å². The smallest absolute Gasteiger partial charge is 0.327 e. The number of anilines is 3. The normalized spacial score (nSPS) is 16.4. The minimum absolute atomic E-state index is 0.260. The first-order valence-corrected chi connectivity index (χ1v) is 8.24. The molecular weight excluding hydrogens is 330 g/mol. The van der Waals surface area contributed by atoms with Crippen molar-refractivity contribution in [1.82, 2.24) is 14.9 Å². The Morgan fingerprint density at radius 2 is 1.88 bits per heavy atom. The number of hydrogen-bond donors (Lipinski definition) is 2. The maximum atomic E-state index is 12.7. The molecule has 0 saturated heterocycles. The van der Waals surface area contributed by atoms with Crippen molar-refractivity contribution in [2.45, 2.75) is 6.04 Å². The molecule has 2 aromatic carbocycles. The molecule has 7 nitrogen and oxygen atoms in total. The molecule has 0 aliphatic carbocycles. The first-order valence-electron chi connectivity index (χ1n) is 8.24. The average Bonchev–Trinajstić information content (AvgIpc) is 3.17. The highest BCUT2D eigenvalue weighted by Crippen LogP contribution is 2.34. The maximum absolute atomic E-state index is 12.7. The molecule has 4 rings (SSSR count). The van der Waals surface area contributed by atoms with E-state index in [-0.39, 0.29) is 5.91 Å². The maximum Gasteiger partial charge on any atom is 0.327 e. The Morgan fingerprint density at radius 3 is 2.65 bits per heavy atom. The second-order valence-corrected chi connectivity index (χ2v) is 5.92. The van der Waals surface area contributed by atoms with Crippen LogP contribution >= 0.6 is 0 Å². The monoisotopic (exact) mass is 347 g/mol. The van der Waals surface area contributed by atoms with Gasteiger partial charge in [0.1, 0.15) is 12.4 Å². The Kier molecular flexibility index (Phi) is 4.10. The molecule has 0 fully saturated rings. The molecule has 3 aromatic rings. The van der Waals surface area contributed by atoms with Gasteiger partial charge in [-0.25, -0.2) is 9.78 Å². The molecule has 26 heavy (non-hydrogen) atoms. The summed E-state index contributed by atoms with van der Waals surface area (Å²) in [5, 5.41) is 5.68. The van der Waals surface area contributed by atoms with Gasteiger partial charge in [-0.15, -0.1) is 0 Å². The summed E-state index contributed by atoms with van der Waals surface area (Å²) in [5.41, 5.74) is 2.53. The largest absolute Gasteiger partial charge is 0.337 e. The molecule has 0 saturated carbocycles. The number of para-hydroxylation sites is 3. The van der Waals surface area contributed by atoms with Gasteiger partial charge >= 0.3 is 6.03 Å². The molecule has 130 valence electrons. The molecule has 1 aliphatic rings. The third kappa shape index (κ3) is 3.02. The average molecular weight is 347 g/mol. The number of benzene rings is 2. The van der Waals surface area contributed by atoms with Gasteiger partial charge in [0.15, 0.2) is 0 Å². The highest BCUT2D eigenvalue weighted by atomic mass is 16.2. The summed E-state index contributed by atoms with van der Waals surface area (Å²) in [5.74, 6) is -0.260. The predicted octanol–water partition coefficient (Wildman–Crippen LogP) is 2.60. The van der Waals surface area contributed by atoms with Crippen LogP contribution in [0, 0.1) is 0 Å². The molecule has 1 aliphatic heterocycles. The number of aromatic nitrogens is 2. The second-order valence-electron chi connectivity index (χ2n) is 5.92. The van der Waals surface area contributed by atoms with Crippen LogP contribution in [-0.4, -0.2) is 34.1 Å². The molecule has 2 amide bonds. The molecular formula is C19H17N5O2. The van der Waals surface area contributed by atoms with Crippen molar-refractivity contribution in [3.8, 4) is 0 Å². The van der Waals surface area contributed by atoms with E-state index < -0.39 is 12.1 Å². The number of carbonyl (C=O) groups is 2. The summed E-state index contributed by atoms with van der Waals surface area (Å²) in [4.78, 5) is 30.9. The Hall–Kier alpha value is -3.61. The lowest BCUT2D eigenvalue weighted by atomic mass is 10.2. The van der Waals surface area contributed by atoms with Gasteiger partial charge < -0.3 is 15.5 Å². The van der Waals surface area contributed by atoms with Crippen LogP contribution in [0.2, 0.25) is 0 Å². The van der Waals surface area contributed by atoms with Crippen LogP contribution in [0.5, 0.6) is 0 Å². The van der Waals surface area contributed by atoms with Crippen LogP contribution in [0.25, 0.3) is 0 Å². The van der Waals surface area contributed by atoms with Crippen molar-refractivity contribution in [3.63, 3.8) is 0 Å². The zero-order valence-electron chi connectivity index (χ0n) is 13.9. The number of amides is 2. The van der Waals surface area contributed by atoms with Gasteiger partial charge in [-0.1, -0.05) is 30.3 Å². The van der Waals surface area contributed by atoms with Crippen molar-refractivity contribution in [2.75, 3.05) is 16.8 Å². The second kappa shape index (κ2) is 6.72. The highest BCUT2D eigenvalue weighted by Gasteiger charge is 2.30. The number of hydrogen-bond acceptors (Lipinski definition) is 4. The van der Waals surface area contributed by atoms with E-state index in [2.05, 4.69) is 15.6 Å². The molecule has 7 heteroatoms. The first kappa shape index (κ1) is 15.9. The van der Waals surface area contributed by atoms with Crippen LogP contribution in [0.3, 0.4) is 0 Å². The van der Waals surface area contributed by atoms with Crippen molar-refractivity contribution in [1.29, 1.82) is 0 Å². The summed E-state index contributed by atoms with van der Waals surface area (Å²) in [6, 6.07) is 16.2. The zero-order valence-corrected chi connectivity index (χ0v) is 13.9. The molecule has 2 heterocycles. The fourth-order valence-corrected chi connectivity index (χ4v) is 2.96. The van der Waals surface area contributed by atoms with E-state index in [9.17, 15) is 9.59 Å². The van der Waals surface area contributed by atoms with E-state index >= 15 is 0 Å². The third-order valence-electron chi connectivity index (χ3n) is 4.24. The molecule has 1 atom stereocenters. The number of fused-ring (bicyclic) bond motifs is 1. The standard InChI is InChI=1S/C19H17N5O2/c25-18-16(22-19(26)23-11-10-20-13-23)12-24(14-6-2-1-3-7-14)17-9-5-4-8-15(17)21-18/h1-11,13,16H,12H2,(H,21,25)(H,22,26)/t16-/m0/s1. The summed E-state index contributed by atoms with van der Waals surface area (Å²) in [6.07, 6.45) is 4.44. The molecule has 1 aromatic heterocycles. The van der Waals surface area contributed by atoms with Gasteiger partial charge in [-0.05, 0) is 24.3 Å². The number of rotatable bonds is 2. The minimum Gasteiger partial charge on any atom is -0.337 e. The van der Waals surface area contributed by atoms with Crippen LogP contribution in [0.15, 0.2) is 73.3 Å². The summed E-state index contributed by atoms with van der Waals surface area (Å²) in [7, 11) is 0. The number of imidazole rings is 1.